The molecular formula is C26H25N7O2. The Labute approximate surface area is 201 Å². The third-order valence-electron chi connectivity index (χ3n) is 6.95. The molecule has 35 heavy (non-hydrogen) atoms. The van der Waals surface area contributed by atoms with Crippen molar-refractivity contribution < 1.29 is 4.79 Å². The fraction of sp³-hybridized carbons (Fsp3) is 0.269. The number of carbonyl (C=O) groups is 1. The van der Waals surface area contributed by atoms with Gasteiger partial charge in [0.05, 0.1) is 5.52 Å². The Hall–Kier alpha value is -4.27. The highest BCUT2D eigenvalue weighted by molar-refractivity contribution is 5.95. The molecule has 9 nitrogen and oxygen atoms in total. The Bertz CT molecular complexity index is 1610. The number of H-pyrrole nitrogens is 1. The lowest BCUT2D eigenvalue weighted by Gasteiger charge is -2.32. The van der Waals surface area contributed by atoms with E-state index in [1.165, 1.54) is 6.33 Å². The summed E-state index contributed by atoms with van der Waals surface area (Å²) in [5, 5.41) is 0.931. The molecule has 9 heteroatoms. The van der Waals surface area contributed by atoms with Crippen LogP contribution in [0.15, 0.2) is 66.1 Å². The maximum Gasteiger partial charge on any atom is 0.327 e. The second kappa shape index (κ2) is 8.50. The van der Waals surface area contributed by atoms with Crippen LogP contribution in [0, 0.1) is 6.92 Å². The summed E-state index contributed by atoms with van der Waals surface area (Å²) in [7, 11) is 0. The van der Waals surface area contributed by atoms with E-state index in [-0.39, 0.29) is 24.2 Å². The first-order chi connectivity index (χ1) is 17.1. The topological polar surface area (TPSA) is 102 Å². The number of nitrogens with one attached hydrogen (secondary N) is 1. The summed E-state index contributed by atoms with van der Waals surface area (Å²) in [6, 6.07) is 12.0. The number of imidazole rings is 1. The lowest BCUT2D eigenvalue weighted by atomic mass is 10.0. The second-order valence-electron chi connectivity index (χ2n) is 9.03. The molecule has 1 amide bonds. The first-order valence-corrected chi connectivity index (χ1v) is 11.8. The molecule has 0 aliphatic carbocycles. The minimum absolute atomic E-state index is 0.0392. The molecule has 1 aliphatic heterocycles. The monoisotopic (exact) mass is 467 g/mol. The van der Waals surface area contributed by atoms with Crippen LogP contribution in [0.5, 0.6) is 0 Å². The van der Waals surface area contributed by atoms with E-state index in [0.29, 0.717) is 18.7 Å². The normalized spacial score (nSPS) is 14.7. The van der Waals surface area contributed by atoms with Gasteiger partial charge in [0.25, 0.3) is 0 Å². The van der Waals surface area contributed by atoms with E-state index < -0.39 is 0 Å². The highest BCUT2D eigenvalue weighted by Crippen LogP contribution is 2.31. The van der Waals surface area contributed by atoms with Crippen molar-refractivity contribution in [1.82, 2.24) is 34.0 Å². The van der Waals surface area contributed by atoms with Crippen LogP contribution in [0.3, 0.4) is 0 Å². The van der Waals surface area contributed by atoms with Gasteiger partial charge in [0.2, 0.25) is 5.91 Å². The van der Waals surface area contributed by atoms with Crippen molar-refractivity contribution in [3.05, 3.63) is 77.4 Å². The van der Waals surface area contributed by atoms with E-state index >= 15 is 0 Å². The molecule has 5 aromatic rings. The summed E-state index contributed by atoms with van der Waals surface area (Å²) in [6.45, 7) is 3.48. The van der Waals surface area contributed by atoms with Crippen molar-refractivity contribution in [2.45, 2.75) is 32.4 Å². The lowest BCUT2D eigenvalue weighted by molar-refractivity contribution is -0.133. The van der Waals surface area contributed by atoms with Crippen molar-refractivity contribution in [2.75, 3.05) is 13.1 Å². The van der Waals surface area contributed by atoms with Crippen LogP contribution in [0.1, 0.15) is 24.4 Å². The summed E-state index contributed by atoms with van der Waals surface area (Å²) in [4.78, 5) is 43.5. The van der Waals surface area contributed by atoms with Crippen molar-refractivity contribution >= 4 is 28.1 Å². The maximum absolute atomic E-state index is 13.3. The van der Waals surface area contributed by atoms with Gasteiger partial charge in [0.1, 0.15) is 18.5 Å². The number of benzene rings is 1. The molecular weight excluding hydrogens is 442 g/mol. The molecule has 1 aliphatic rings. The minimum atomic E-state index is -0.147. The Morgan fingerprint density at radius 2 is 1.91 bits per heavy atom. The van der Waals surface area contributed by atoms with Crippen LogP contribution in [0.4, 0.5) is 0 Å². The fourth-order valence-electron chi connectivity index (χ4n) is 5.18. The third-order valence-corrected chi connectivity index (χ3v) is 6.95. The number of pyridine rings is 1. The first kappa shape index (κ1) is 21.3. The van der Waals surface area contributed by atoms with E-state index in [1.54, 1.807) is 10.8 Å². The van der Waals surface area contributed by atoms with Gasteiger partial charge in [-0.05, 0) is 43.0 Å². The SMILES string of the molecule is Cc1ccccc1-c1cn(CC(=O)N2CCC(n3c(=O)[nH]c4ncccc43)CC2)c2ncncc12. The Kier molecular flexibility index (Phi) is 5.17. The van der Waals surface area contributed by atoms with Gasteiger partial charge >= 0.3 is 5.69 Å². The molecule has 4 aromatic heterocycles. The number of amides is 1. The quantitative estimate of drug-likeness (QED) is 0.437. The molecule has 0 spiro atoms. The fourth-order valence-corrected chi connectivity index (χ4v) is 5.18. The number of carbonyl (C=O) groups excluding carboxylic acids is 1. The standard InChI is InChI=1S/C26H25N7O2/c1-17-5-2-3-6-19(17)21-14-32(25-20(21)13-27-16-29-25)15-23(34)31-11-8-18(9-12-31)33-22-7-4-10-28-24(22)30-26(33)35/h2-7,10,13-14,16,18H,8-9,11-12,15H2,1H3,(H,28,30,35). The van der Waals surface area contributed by atoms with Crippen LogP contribution in [0.2, 0.25) is 0 Å². The zero-order valence-corrected chi connectivity index (χ0v) is 19.4. The third kappa shape index (κ3) is 3.69. The van der Waals surface area contributed by atoms with Crippen LogP contribution < -0.4 is 5.69 Å². The molecule has 6 rings (SSSR count). The predicted octanol–water partition coefficient (Wildman–Crippen LogP) is 3.31. The van der Waals surface area contributed by atoms with E-state index in [0.717, 1.165) is 46.1 Å². The van der Waals surface area contributed by atoms with Crippen LogP contribution in [-0.2, 0) is 11.3 Å². The molecule has 0 unspecified atom stereocenters. The average molecular weight is 468 g/mol. The Morgan fingerprint density at radius 3 is 2.74 bits per heavy atom. The van der Waals surface area contributed by atoms with E-state index in [2.05, 4.69) is 39.0 Å². The molecule has 1 aromatic carbocycles. The number of hydrogen-bond donors (Lipinski definition) is 1. The van der Waals surface area contributed by atoms with Gasteiger partial charge in [0.15, 0.2) is 5.65 Å². The van der Waals surface area contributed by atoms with Gasteiger partial charge < -0.3 is 9.47 Å². The van der Waals surface area contributed by atoms with E-state index in [4.69, 9.17) is 0 Å². The second-order valence-corrected chi connectivity index (χ2v) is 9.03. The molecule has 1 fully saturated rings. The summed E-state index contributed by atoms with van der Waals surface area (Å²) >= 11 is 0. The van der Waals surface area contributed by atoms with Gasteiger partial charge in [-0.3, -0.25) is 14.3 Å². The number of hydrogen-bond acceptors (Lipinski definition) is 5. The summed E-state index contributed by atoms with van der Waals surface area (Å²) < 4.78 is 3.71. The maximum atomic E-state index is 13.3. The number of piperidine rings is 1. The molecule has 0 radical (unpaired) electrons. The Morgan fingerprint density at radius 1 is 1.09 bits per heavy atom. The van der Waals surface area contributed by atoms with Crippen LogP contribution >= 0.6 is 0 Å². The molecule has 1 N–H and O–H groups in total. The highest BCUT2D eigenvalue weighted by Gasteiger charge is 2.27. The average Bonchev–Trinajstić information content (AvgIpc) is 3.41. The summed E-state index contributed by atoms with van der Waals surface area (Å²) in [5.74, 6) is 0.0447. The molecule has 5 heterocycles. The van der Waals surface area contributed by atoms with Gasteiger partial charge in [-0.15, -0.1) is 0 Å². The number of likely N-dealkylation sites (tertiary alicyclic amines) is 1. The minimum Gasteiger partial charge on any atom is -0.341 e. The highest BCUT2D eigenvalue weighted by atomic mass is 16.2. The number of aryl methyl sites for hydroxylation is 1. The zero-order valence-electron chi connectivity index (χ0n) is 19.4. The number of nitrogens with zero attached hydrogens (tertiary/aromatic N) is 6. The summed E-state index contributed by atoms with van der Waals surface area (Å²) in [5.41, 5.74) is 5.30. The number of fused-ring (bicyclic) bond motifs is 2. The molecule has 0 saturated carbocycles. The van der Waals surface area contributed by atoms with E-state index in [1.807, 2.05) is 46.1 Å². The van der Waals surface area contributed by atoms with Crippen molar-refractivity contribution in [3.8, 4) is 11.1 Å². The van der Waals surface area contributed by atoms with Crippen molar-refractivity contribution in [1.29, 1.82) is 0 Å². The number of aromatic amines is 1. The van der Waals surface area contributed by atoms with Gasteiger partial charge in [0, 0.05) is 48.7 Å². The molecule has 0 atom stereocenters. The zero-order chi connectivity index (χ0) is 23.9. The largest absolute Gasteiger partial charge is 0.341 e. The van der Waals surface area contributed by atoms with E-state index in [9.17, 15) is 9.59 Å². The van der Waals surface area contributed by atoms with Crippen molar-refractivity contribution in [3.63, 3.8) is 0 Å². The van der Waals surface area contributed by atoms with Gasteiger partial charge in [-0.25, -0.2) is 19.7 Å². The number of aromatic nitrogens is 6. The smallest absolute Gasteiger partial charge is 0.327 e. The first-order valence-electron chi connectivity index (χ1n) is 11.8. The van der Waals surface area contributed by atoms with Gasteiger partial charge in [-0.1, -0.05) is 24.3 Å². The van der Waals surface area contributed by atoms with Gasteiger partial charge in [-0.2, -0.15) is 0 Å². The molecule has 0 bridgehead atoms. The van der Waals surface area contributed by atoms with Crippen LogP contribution in [-0.4, -0.2) is 53.0 Å². The van der Waals surface area contributed by atoms with Crippen molar-refractivity contribution in [2.24, 2.45) is 0 Å². The lowest BCUT2D eigenvalue weighted by Crippen LogP contribution is -2.41. The molecule has 1 saturated heterocycles. The Balaban J connectivity index is 1.22. The molecule has 176 valence electrons. The number of rotatable bonds is 4. The predicted molar refractivity (Wildman–Crippen MR) is 133 cm³/mol. The van der Waals surface area contributed by atoms with Crippen LogP contribution in [0.25, 0.3) is 33.3 Å². The summed E-state index contributed by atoms with van der Waals surface area (Å²) in [6.07, 6.45) is 8.44.